The van der Waals surface area contributed by atoms with Crippen molar-refractivity contribution >= 4 is 11.6 Å². The molecule has 0 radical (unpaired) electrons. The second kappa shape index (κ2) is 7.38. The van der Waals surface area contributed by atoms with Crippen LogP contribution >= 0.6 is 0 Å². The molecule has 2 aromatic rings. The van der Waals surface area contributed by atoms with Crippen LogP contribution in [0.3, 0.4) is 0 Å². The van der Waals surface area contributed by atoms with E-state index in [1.54, 1.807) is 7.11 Å². The average molecular weight is 271 g/mol. The smallest absolute Gasteiger partial charge is 0.128 e. The van der Waals surface area contributed by atoms with Gasteiger partial charge >= 0.3 is 0 Å². The lowest BCUT2D eigenvalue weighted by Gasteiger charge is -2.08. The van der Waals surface area contributed by atoms with Gasteiger partial charge in [0.15, 0.2) is 0 Å². The van der Waals surface area contributed by atoms with Crippen LogP contribution in [-0.4, -0.2) is 25.2 Å². The predicted molar refractivity (Wildman–Crippen MR) is 83.6 cm³/mol. The van der Waals surface area contributed by atoms with Gasteiger partial charge in [0, 0.05) is 13.1 Å². The van der Waals surface area contributed by atoms with Gasteiger partial charge in [0.05, 0.1) is 7.11 Å². The summed E-state index contributed by atoms with van der Waals surface area (Å²) in [7, 11) is 1.68. The standard InChI is InChI=1S/C16H21N3O/c1-3-17-15-5-4-6-16(19-15)18-12-11-13-7-9-14(20-2)10-8-13/h4-10H,3,11-12H2,1-2H3,(H2,17,18,19). The summed E-state index contributed by atoms with van der Waals surface area (Å²) < 4.78 is 5.15. The van der Waals surface area contributed by atoms with E-state index in [0.717, 1.165) is 36.9 Å². The van der Waals surface area contributed by atoms with Crippen LogP contribution in [-0.2, 0) is 6.42 Å². The lowest BCUT2D eigenvalue weighted by atomic mass is 10.1. The monoisotopic (exact) mass is 271 g/mol. The lowest BCUT2D eigenvalue weighted by Crippen LogP contribution is -2.07. The van der Waals surface area contributed by atoms with E-state index in [0.29, 0.717) is 0 Å². The van der Waals surface area contributed by atoms with Crippen molar-refractivity contribution in [3.05, 3.63) is 48.0 Å². The number of pyridine rings is 1. The van der Waals surface area contributed by atoms with Crippen molar-refractivity contribution in [1.29, 1.82) is 0 Å². The molecule has 4 nitrogen and oxygen atoms in total. The average Bonchev–Trinajstić information content (AvgIpc) is 2.49. The van der Waals surface area contributed by atoms with Crippen molar-refractivity contribution < 1.29 is 4.74 Å². The second-order valence-corrected chi connectivity index (χ2v) is 4.46. The van der Waals surface area contributed by atoms with E-state index in [4.69, 9.17) is 4.74 Å². The fourth-order valence-electron chi connectivity index (χ4n) is 1.94. The van der Waals surface area contributed by atoms with Gasteiger partial charge < -0.3 is 15.4 Å². The quantitative estimate of drug-likeness (QED) is 0.812. The Balaban J connectivity index is 1.84. The molecule has 0 aliphatic carbocycles. The molecule has 0 saturated heterocycles. The maximum Gasteiger partial charge on any atom is 0.128 e. The number of nitrogens with zero attached hydrogens (tertiary/aromatic N) is 1. The van der Waals surface area contributed by atoms with Crippen LogP contribution < -0.4 is 15.4 Å². The van der Waals surface area contributed by atoms with Crippen LogP contribution in [0.5, 0.6) is 5.75 Å². The third kappa shape index (κ3) is 4.16. The van der Waals surface area contributed by atoms with Crippen molar-refractivity contribution in [3.8, 4) is 5.75 Å². The Morgan fingerprint density at radius 3 is 2.35 bits per heavy atom. The van der Waals surface area contributed by atoms with Crippen LogP contribution in [0.4, 0.5) is 11.6 Å². The molecule has 0 spiro atoms. The van der Waals surface area contributed by atoms with E-state index < -0.39 is 0 Å². The SMILES string of the molecule is CCNc1cccc(NCCc2ccc(OC)cc2)n1. The van der Waals surface area contributed by atoms with Crippen LogP contribution in [0.2, 0.25) is 0 Å². The van der Waals surface area contributed by atoms with Gasteiger partial charge in [0.25, 0.3) is 0 Å². The molecule has 0 bridgehead atoms. The Labute approximate surface area is 120 Å². The third-order valence-corrected chi connectivity index (χ3v) is 2.99. The Kier molecular flexibility index (Phi) is 5.24. The topological polar surface area (TPSA) is 46.2 Å². The van der Waals surface area contributed by atoms with Crippen molar-refractivity contribution in [2.75, 3.05) is 30.8 Å². The molecular weight excluding hydrogens is 250 g/mol. The predicted octanol–water partition coefficient (Wildman–Crippen LogP) is 3.18. The van der Waals surface area contributed by atoms with Gasteiger partial charge in [0.2, 0.25) is 0 Å². The molecule has 1 aromatic carbocycles. The minimum atomic E-state index is 0.856. The highest BCUT2D eigenvalue weighted by Gasteiger charge is 1.98. The molecule has 0 fully saturated rings. The molecule has 0 aliphatic rings. The van der Waals surface area contributed by atoms with E-state index in [1.165, 1.54) is 5.56 Å². The molecule has 2 N–H and O–H groups in total. The van der Waals surface area contributed by atoms with Crippen molar-refractivity contribution in [2.24, 2.45) is 0 Å². The van der Waals surface area contributed by atoms with Gasteiger partial charge in [0.1, 0.15) is 17.4 Å². The van der Waals surface area contributed by atoms with E-state index >= 15 is 0 Å². The second-order valence-electron chi connectivity index (χ2n) is 4.46. The van der Waals surface area contributed by atoms with Crippen molar-refractivity contribution in [2.45, 2.75) is 13.3 Å². The maximum absolute atomic E-state index is 5.15. The fraction of sp³-hybridized carbons (Fsp3) is 0.312. The van der Waals surface area contributed by atoms with Crippen molar-refractivity contribution in [3.63, 3.8) is 0 Å². The highest BCUT2D eigenvalue weighted by Crippen LogP contribution is 2.12. The maximum atomic E-state index is 5.15. The molecule has 0 amide bonds. The summed E-state index contributed by atoms with van der Waals surface area (Å²) in [6.45, 7) is 3.79. The first-order valence-electron chi connectivity index (χ1n) is 6.89. The molecule has 4 heteroatoms. The van der Waals surface area contributed by atoms with Crippen LogP contribution in [0.25, 0.3) is 0 Å². The zero-order valence-corrected chi connectivity index (χ0v) is 12.0. The van der Waals surface area contributed by atoms with Crippen molar-refractivity contribution in [1.82, 2.24) is 4.98 Å². The zero-order valence-electron chi connectivity index (χ0n) is 12.0. The first-order chi connectivity index (χ1) is 9.81. The van der Waals surface area contributed by atoms with E-state index in [2.05, 4.69) is 34.7 Å². The van der Waals surface area contributed by atoms with Crippen LogP contribution in [0.15, 0.2) is 42.5 Å². The van der Waals surface area contributed by atoms with Gasteiger partial charge in [-0.1, -0.05) is 18.2 Å². The normalized spacial score (nSPS) is 10.1. The number of rotatable bonds is 7. The summed E-state index contributed by atoms with van der Waals surface area (Å²) in [5, 5.41) is 6.54. The number of nitrogens with one attached hydrogen (secondary N) is 2. The number of hydrogen-bond acceptors (Lipinski definition) is 4. The van der Waals surface area contributed by atoms with E-state index in [1.807, 2.05) is 30.3 Å². The van der Waals surface area contributed by atoms with Gasteiger partial charge in [-0.3, -0.25) is 0 Å². The number of methoxy groups -OCH3 is 1. The molecular formula is C16H21N3O. The summed E-state index contributed by atoms with van der Waals surface area (Å²) in [6, 6.07) is 14.1. The summed E-state index contributed by atoms with van der Waals surface area (Å²) in [6.07, 6.45) is 0.955. The first kappa shape index (κ1) is 14.2. The Morgan fingerprint density at radius 2 is 1.70 bits per heavy atom. The number of hydrogen-bond donors (Lipinski definition) is 2. The summed E-state index contributed by atoms with van der Waals surface area (Å²) >= 11 is 0. The minimum absolute atomic E-state index is 0.856. The molecule has 106 valence electrons. The van der Waals surface area contributed by atoms with E-state index in [9.17, 15) is 0 Å². The summed E-state index contributed by atoms with van der Waals surface area (Å²) in [4.78, 5) is 4.48. The van der Waals surface area contributed by atoms with Crippen LogP contribution in [0.1, 0.15) is 12.5 Å². The number of benzene rings is 1. The number of aromatic nitrogens is 1. The third-order valence-electron chi connectivity index (χ3n) is 2.99. The van der Waals surface area contributed by atoms with Gasteiger partial charge in [-0.25, -0.2) is 4.98 Å². The Bertz CT molecular complexity index is 526. The highest BCUT2D eigenvalue weighted by molar-refractivity contribution is 5.45. The highest BCUT2D eigenvalue weighted by atomic mass is 16.5. The lowest BCUT2D eigenvalue weighted by molar-refractivity contribution is 0.414. The van der Waals surface area contributed by atoms with E-state index in [-0.39, 0.29) is 0 Å². The van der Waals surface area contributed by atoms with Gasteiger partial charge in [-0.2, -0.15) is 0 Å². The molecule has 0 atom stereocenters. The summed E-state index contributed by atoms with van der Waals surface area (Å²) in [5.74, 6) is 2.70. The number of ether oxygens (including phenoxy) is 1. The molecule has 1 aromatic heterocycles. The molecule has 2 rings (SSSR count). The largest absolute Gasteiger partial charge is 0.497 e. The molecule has 1 heterocycles. The fourth-order valence-corrected chi connectivity index (χ4v) is 1.94. The molecule has 0 aliphatic heterocycles. The minimum Gasteiger partial charge on any atom is -0.497 e. The molecule has 0 unspecified atom stereocenters. The summed E-state index contributed by atoms with van der Waals surface area (Å²) in [5.41, 5.74) is 1.28. The Morgan fingerprint density at radius 1 is 1.00 bits per heavy atom. The van der Waals surface area contributed by atoms with Crippen LogP contribution in [0, 0.1) is 0 Å². The number of anilines is 2. The van der Waals surface area contributed by atoms with Gasteiger partial charge in [-0.05, 0) is 43.2 Å². The Hall–Kier alpha value is -2.23. The molecule has 20 heavy (non-hydrogen) atoms. The zero-order chi connectivity index (χ0) is 14.2. The van der Waals surface area contributed by atoms with Gasteiger partial charge in [-0.15, -0.1) is 0 Å². The first-order valence-corrected chi connectivity index (χ1v) is 6.89. The molecule has 0 saturated carbocycles.